The Kier molecular flexibility index (Phi) is 5.47. The SMILES string of the molecule is FC(F)(Cl)Sc1cn(-c2c(Cl)cc(C(F)(F)F)cc2Cl)c(Br)n1. The van der Waals surface area contributed by atoms with E-state index in [1.54, 1.807) is 0 Å². The molecule has 0 saturated heterocycles. The molecule has 1 aromatic heterocycles. The smallest absolute Gasteiger partial charge is 0.290 e. The molecule has 0 amide bonds. The van der Waals surface area contributed by atoms with Crippen molar-refractivity contribution in [1.82, 2.24) is 9.55 Å². The van der Waals surface area contributed by atoms with E-state index in [4.69, 9.17) is 34.8 Å². The molecule has 0 bridgehead atoms. The fourth-order valence-electron chi connectivity index (χ4n) is 1.62. The summed E-state index contributed by atoms with van der Waals surface area (Å²) in [4.78, 5) is 3.76. The fraction of sp³-hybridized carbons (Fsp3) is 0.182. The Balaban J connectivity index is 2.51. The molecule has 23 heavy (non-hydrogen) atoms. The van der Waals surface area contributed by atoms with Crippen molar-refractivity contribution in [2.24, 2.45) is 0 Å². The summed E-state index contributed by atoms with van der Waals surface area (Å²) in [7, 11) is 0. The van der Waals surface area contributed by atoms with Crippen LogP contribution in [0.3, 0.4) is 0 Å². The number of hydrogen-bond acceptors (Lipinski definition) is 2. The third kappa shape index (κ3) is 4.66. The van der Waals surface area contributed by atoms with E-state index in [0.717, 1.165) is 10.8 Å². The van der Waals surface area contributed by atoms with E-state index in [2.05, 4.69) is 20.9 Å². The maximum Gasteiger partial charge on any atom is 0.416 e. The van der Waals surface area contributed by atoms with Gasteiger partial charge in [0.25, 0.3) is 0 Å². The van der Waals surface area contributed by atoms with Crippen LogP contribution >= 0.6 is 62.5 Å². The Bertz CT molecular complexity index is 721. The van der Waals surface area contributed by atoms with E-state index in [1.165, 1.54) is 0 Å². The average molecular weight is 476 g/mol. The van der Waals surface area contributed by atoms with E-state index in [-0.39, 0.29) is 37.3 Å². The van der Waals surface area contributed by atoms with E-state index >= 15 is 0 Å². The van der Waals surface area contributed by atoms with Gasteiger partial charge < -0.3 is 0 Å². The van der Waals surface area contributed by atoms with Crippen molar-refractivity contribution in [2.45, 2.75) is 15.9 Å². The number of nitrogens with zero attached hydrogens (tertiary/aromatic N) is 2. The van der Waals surface area contributed by atoms with E-state index in [0.29, 0.717) is 12.1 Å². The van der Waals surface area contributed by atoms with Gasteiger partial charge >= 0.3 is 10.9 Å². The highest BCUT2D eigenvalue weighted by Crippen LogP contribution is 2.42. The first-order valence-corrected chi connectivity index (χ1v) is 8.20. The second-order valence-electron chi connectivity index (χ2n) is 4.05. The summed E-state index contributed by atoms with van der Waals surface area (Å²) in [5.41, 5.74) is -1.07. The molecule has 0 radical (unpaired) electrons. The number of alkyl halides is 6. The van der Waals surface area contributed by atoms with Gasteiger partial charge in [0.2, 0.25) is 0 Å². The van der Waals surface area contributed by atoms with Gasteiger partial charge in [-0.1, -0.05) is 23.2 Å². The van der Waals surface area contributed by atoms with E-state index in [1.807, 2.05) is 0 Å². The molecule has 0 unspecified atom stereocenters. The largest absolute Gasteiger partial charge is 0.416 e. The third-order valence-corrected chi connectivity index (χ3v) is 4.45. The lowest BCUT2D eigenvalue weighted by Crippen LogP contribution is -2.06. The van der Waals surface area contributed by atoms with E-state index in [9.17, 15) is 22.0 Å². The zero-order valence-electron chi connectivity index (χ0n) is 10.4. The minimum atomic E-state index is -4.63. The highest BCUT2D eigenvalue weighted by atomic mass is 79.9. The van der Waals surface area contributed by atoms with Crippen molar-refractivity contribution in [3.63, 3.8) is 0 Å². The van der Waals surface area contributed by atoms with Crippen molar-refractivity contribution in [3.8, 4) is 5.69 Å². The Labute approximate surface area is 154 Å². The lowest BCUT2D eigenvalue weighted by molar-refractivity contribution is -0.137. The molecule has 0 spiro atoms. The Hall–Kier alpha value is -0.220. The van der Waals surface area contributed by atoms with Gasteiger partial charge in [0, 0.05) is 6.20 Å². The third-order valence-electron chi connectivity index (χ3n) is 2.45. The molecule has 0 fully saturated rings. The monoisotopic (exact) mass is 474 g/mol. The summed E-state index contributed by atoms with van der Waals surface area (Å²) >= 11 is 19.5. The lowest BCUT2D eigenvalue weighted by atomic mass is 10.2. The molecule has 1 aromatic carbocycles. The maximum absolute atomic E-state index is 12.8. The predicted octanol–water partition coefficient (Wildman–Crippen LogP) is 6.84. The first-order valence-electron chi connectivity index (χ1n) is 5.46. The van der Waals surface area contributed by atoms with Gasteiger partial charge in [0.1, 0.15) is 5.03 Å². The van der Waals surface area contributed by atoms with Crippen LogP contribution in [0.25, 0.3) is 5.69 Å². The van der Waals surface area contributed by atoms with Crippen molar-refractivity contribution in [1.29, 1.82) is 0 Å². The van der Waals surface area contributed by atoms with Crippen LogP contribution in [0.5, 0.6) is 0 Å². The molecule has 126 valence electrons. The second-order valence-corrected chi connectivity index (χ2v) is 7.41. The van der Waals surface area contributed by atoms with Crippen molar-refractivity contribution in [2.75, 3.05) is 0 Å². The first-order chi connectivity index (χ1) is 10.4. The Morgan fingerprint density at radius 3 is 2.04 bits per heavy atom. The van der Waals surface area contributed by atoms with Gasteiger partial charge in [0.15, 0.2) is 4.73 Å². The van der Waals surface area contributed by atoms with E-state index < -0.39 is 16.5 Å². The molecular weight excluding hydrogens is 473 g/mol. The molecule has 0 atom stereocenters. The quantitative estimate of drug-likeness (QED) is 0.274. The van der Waals surface area contributed by atoms with Crippen LogP contribution < -0.4 is 0 Å². The molecule has 0 N–H and O–H groups in total. The molecule has 1 heterocycles. The Morgan fingerprint density at radius 1 is 1.09 bits per heavy atom. The second kappa shape index (κ2) is 6.59. The van der Waals surface area contributed by atoms with Crippen LogP contribution in [0.15, 0.2) is 28.1 Å². The van der Waals surface area contributed by atoms with Crippen LogP contribution in [0.4, 0.5) is 22.0 Å². The molecule has 0 aliphatic rings. The Morgan fingerprint density at radius 2 is 1.61 bits per heavy atom. The van der Waals surface area contributed by atoms with Crippen molar-refractivity contribution >= 4 is 62.5 Å². The molecule has 0 saturated carbocycles. The van der Waals surface area contributed by atoms with Gasteiger partial charge in [0.05, 0.1) is 21.3 Å². The summed E-state index contributed by atoms with van der Waals surface area (Å²) in [5.74, 6) is 0. The summed E-state index contributed by atoms with van der Waals surface area (Å²) < 4.78 is 61.2. The standard InChI is InChI=1S/C11H3BrCl3F5N2S/c12-9-21-7(23-11(15,19)20)3-22(9)8-5(13)1-4(2-6(8)14)10(16,17)18/h1-3H. The van der Waals surface area contributed by atoms with Gasteiger partial charge in [-0.2, -0.15) is 22.0 Å². The summed E-state index contributed by atoms with van der Waals surface area (Å²) in [6, 6.07) is 1.36. The van der Waals surface area contributed by atoms with Crippen LogP contribution in [0.1, 0.15) is 5.56 Å². The highest BCUT2D eigenvalue weighted by Gasteiger charge is 2.33. The zero-order valence-corrected chi connectivity index (χ0v) is 15.1. The number of benzene rings is 1. The van der Waals surface area contributed by atoms with Gasteiger partial charge in [-0.25, -0.2) is 4.98 Å². The summed E-state index contributed by atoms with van der Waals surface area (Å²) in [6.45, 7) is 0. The van der Waals surface area contributed by atoms with Crippen LogP contribution in [-0.2, 0) is 6.18 Å². The van der Waals surface area contributed by atoms with Crippen molar-refractivity contribution in [3.05, 3.63) is 38.7 Å². The van der Waals surface area contributed by atoms with Crippen LogP contribution in [-0.4, -0.2) is 14.3 Å². The molecule has 0 aliphatic heterocycles. The highest BCUT2D eigenvalue weighted by molar-refractivity contribution is 9.10. The molecule has 0 aliphatic carbocycles. The van der Waals surface area contributed by atoms with Crippen LogP contribution in [0, 0.1) is 0 Å². The summed E-state index contributed by atoms with van der Waals surface area (Å²) in [6.07, 6.45) is -3.51. The van der Waals surface area contributed by atoms with Gasteiger partial charge in [-0.05, 0) is 51.4 Å². The molecular formula is C11H3BrCl3F5N2S. The molecule has 2 nitrogen and oxygen atoms in total. The molecule has 2 aromatic rings. The summed E-state index contributed by atoms with van der Waals surface area (Å²) in [5, 5.41) is -0.821. The topological polar surface area (TPSA) is 17.8 Å². The average Bonchev–Trinajstić information content (AvgIpc) is 2.65. The number of halogens is 9. The number of aromatic nitrogens is 2. The minimum Gasteiger partial charge on any atom is -0.290 e. The van der Waals surface area contributed by atoms with Gasteiger partial charge in [-0.3, -0.25) is 4.57 Å². The minimum absolute atomic E-state index is 0.0180. The normalized spacial score (nSPS) is 12.7. The van der Waals surface area contributed by atoms with Crippen molar-refractivity contribution < 1.29 is 22.0 Å². The fourth-order valence-corrected chi connectivity index (χ4v) is 3.64. The van der Waals surface area contributed by atoms with Crippen LogP contribution in [0.2, 0.25) is 10.0 Å². The number of hydrogen-bond donors (Lipinski definition) is 0. The maximum atomic E-state index is 12.8. The molecule has 2 rings (SSSR count). The predicted molar refractivity (Wildman–Crippen MR) is 82.9 cm³/mol. The first kappa shape index (κ1) is 19.1. The van der Waals surface area contributed by atoms with Gasteiger partial charge in [-0.15, -0.1) is 0 Å². The number of thioether (sulfide) groups is 1. The number of imidazole rings is 1. The molecule has 12 heteroatoms. The lowest BCUT2D eigenvalue weighted by Gasteiger charge is -2.13. The number of rotatable bonds is 3. The zero-order chi connectivity index (χ0) is 17.6.